The van der Waals surface area contributed by atoms with Crippen LogP contribution < -0.4 is 5.32 Å². The van der Waals surface area contributed by atoms with Gasteiger partial charge in [-0.1, -0.05) is 13.3 Å². The standard InChI is InChI=1S/C13H24N4O2S/c1-3-4-12-5-7-17(10-12)20(18,19)13-9-15-16(11-13)8-6-14-2/h9,11-12,14H,3-8,10H2,1-2H3. The highest BCUT2D eigenvalue weighted by atomic mass is 32.2. The quantitative estimate of drug-likeness (QED) is 0.813. The van der Waals surface area contributed by atoms with Crippen LogP contribution in [0.2, 0.25) is 0 Å². The zero-order valence-corrected chi connectivity index (χ0v) is 13.1. The molecule has 0 aromatic carbocycles. The zero-order chi connectivity index (χ0) is 14.6. The Labute approximate surface area is 121 Å². The Hall–Kier alpha value is -0.920. The Morgan fingerprint density at radius 3 is 3.00 bits per heavy atom. The van der Waals surface area contributed by atoms with Gasteiger partial charge in [0, 0.05) is 25.8 Å². The van der Waals surface area contributed by atoms with Crippen molar-refractivity contribution in [1.82, 2.24) is 19.4 Å². The highest BCUT2D eigenvalue weighted by Crippen LogP contribution is 2.26. The van der Waals surface area contributed by atoms with Crippen LogP contribution in [-0.4, -0.2) is 49.2 Å². The second-order valence-corrected chi connectivity index (χ2v) is 7.29. The van der Waals surface area contributed by atoms with E-state index in [0.29, 0.717) is 30.4 Å². The summed E-state index contributed by atoms with van der Waals surface area (Å²) in [6, 6.07) is 0. The van der Waals surface area contributed by atoms with Gasteiger partial charge >= 0.3 is 0 Å². The fourth-order valence-corrected chi connectivity index (χ4v) is 4.12. The van der Waals surface area contributed by atoms with E-state index in [-0.39, 0.29) is 0 Å². The molecular weight excluding hydrogens is 276 g/mol. The van der Waals surface area contributed by atoms with Gasteiger partial charge in [0.1, 0.15) is 4.90 Å². The lowest BCUT2D eigenvalue weighted by molar-refractivity contribution is 0.444. The number of hydrogen-bond acceptors (Lipinski definition) is 4. The van der Waals surface area contributed by atoms with Crippen molar-refractivity contribution >= 4 is 10.0 Å². The van der Waals surface area contributed by atoms with E-state index in [1.807, 2.05) is 7.05 Å². The summed E-state index contributed by atoms with van der Waals surface area (Å²) in [5.74, 6) is 0.508. The number of rotatable bonds is 7. The first-order chi connectivity index (χ1) is 9.57. The fraction of sp³-hybridized carbons (Fsp3) is 0.769. The number of aromatic nitrogens is 2. The predicted octanol–water partition coefficient (Wildman–Crippen LogP) is 0.913. The molecular formula is C13H24N4O2S. The van der Waals surface area contributed by atoms with E-state index in [2.05, 4.69) is 17.3 Å². The van der Waals surface area contributed by atoms with Gasteiger partial charge in [-0.3, -0.25) is 4.68 Å². The van der Waals surface area contributed by atoms with Crippen molar-refractivity contribution in [3.05, 3.63) is 12.4 Å². The molecule has 0 amide bonds. The van der Waals surface area contributed by atoms with Crippen LogP contribution in [0.15, 0.2) is 17.3 Å². The van der Waals surface area contributed by atoms with Gasteiger partial charge in [-0.05, 0) is 25.8 Å². The maximum absolute atomic E-state index is 12.5. The van der Waals surface area contributed by atoms with E-state index in [9.17, 15) is 8.42 Å². The first-order valence-corrected chi connectivity index (χ1v) is 8.69. The van der Waals surface area contributed by atoms with Gasteiger partial charge in [-0.2, -0.15) is 9.40 Å². The van der Waals surface area contributed by atoms with Gasteiger partial charge < -0.3 is 5.32 Å². The maximum Gasteiger partial charge on any atom is 0.246 e. The molecule has 1 saturated heterocycles. The third kappa shape index (κ3) is 3.39. The summed E-state index contributed by atoms with van der Waals surface area (Å²) in [6.45, 7) is 4.86. The lowest BCUT2D eigenvalue weighted by Crippen LogP contribution is -2.28. The van der Waals surface area contributed by atoms with Crippen LogP contribution in [0.4, 0.5) is 0 Å². The summed E-state index contributed by atoms with van der Waals surface area (Å²) >= 11 is 0. The Bertz CT molecular complexity index is 526. The van der Waals surface area contributed by atoms with Crippen molar-refractivity contribution < 1.29 is 8.42 Å². The Kier molecular flexibility index (Phi) is 5.17. The van der Waals surface area contributed by atoms with Crippen LogP contribution in [0.25, 0.3) is 0 Å². The van der Waals surface area contributed by atoms with E-state index in [1.54, 1.807) is 15.2 Å². The summed E-state index contributed by atoms with van der Waals surface area (Å²) in [5, 5.41) is 7.14. The van der Waals surface area contributed by atoms with Crippen LogP contribution in [0.5, 0.6) is 0 Å². The molecule has 1 aromatic rings. The summed E-state index contributed by atoms with van der Waals surface area (Å²) in [7, 11) is -1.50. The van der Waals surface area contributed by atoms with E-state index >= 15 is 0 Å². The van der Waals surface area contributed by atoms with Crippen LogP contribution >= 0.6 is 0 Å². The molecule has 1 atom stereocenters. The van der Waals surface area contributed by atoms with Crippen molar-refractivity contribution in [2.45, 2.75) is 37.6 Å². The largest absolute Gasteiger partial charge is 0.318 e. The average Bonchev–Trinajstić information content (AvgIpc) is 3.06. The predicted molar refractivity (Wildman–Crippen MR) is 77.9 cm³/mol. The second-order valence-electron chi connectivity index (χ2n) is 5.35. The van der Waals surface area contributed by atoms with Crippen molar-refractivity contribution in [2.75, 3.05) is 26.7 Å². The monoisotopic (exact) mass is 300 g/mol. The number of hydrogen-bond donors (Lipinski definition) is 1. The van der Waals surface area contributed by atoms with Gasteiger partial charge in [0.05, 0.1) is 12.7 Å². The van der Waals surface area contributed by atoms with Crippen LogP contribution in [-0.2, 0) is 16.6 Å². The van der Waals surface area contributed by atoms with Crippen LogP contribution in [0, 0.1) is 5.92 Å². The Morgan fingerprint density at radius 2 is 2.30 bits per heavy atom. The fourth-order valence-electron chi connectivity index (χ4n) is 2.63. The van der Waals surface area contributed by atoms with E-state index < -0.39 is 10.0 Å². The van der Waals surface area contributed by atoms with E-state index in [0.717, 1.165) is 25.8 Å². The summed E-state index contributed by atoms with van der Waals surface area (Å²) in [4.78, 5) is 0.311. The number of likely N-dealkylation sites (N-methyl/N-ethyl adjacent to an activating group) is 1. The van der Waals surface area contributed by atoms with Crippen molar-refractivity contribution in [3.8, 4) is 0 Å². The molecule has 1 aliphatic rings. The highest BCUT2D eigenvalue weighted by Gasteiger charge is 2.32. The van der Waals surface area contributed by atoms with Crippen molar-refractivity contribution in [3.63, 3.8) is 0 Å². The average molecular weight is 300 g/mol. The minimum Gasteiger partial charge on any atom is -0.318 e. The lowest BCUT2D eigenvalue weighted by atomic mass is 10.0. The molecule has 0 radical (unpaired) electrons. The summed E-state index contributed by atoms with van der Waals surface area (Å²) in [5.41, 5.74) is 0. The topological polar surface area (TPSA) is 67.2 Å². The molecule has 1 fully saturated rings. The van der Waals surface area contributed by atoms with Gasteiger partial charge in [-0.15, -0.1) is 0 Å². The van der Waals surface area contributed by atoms with Crippen LogP contribution in [0.3, 0.4) is 0 Å². The van der Waals surface area contributed by atoms with E-state index in [4.69, 9.17) is 0 Å². The van der Waals surface area contributed by atoms with Gasteiger partial charge in [0.2, 0.25) is 10.0 Å². The smallest absolute Gasteiger partial charge is 0.246 e. The molecule has 2 rings (SSSR count). The molecule has 1 N–H and O–H groups in total. The molecule has 20 heavy (non-hydrogen) atoms. The lowest BCUT2D eigenvalue weighted by Gasteiger charge is -2.15. The molecule has 0 bridgehead atoms. The third-order valence-electron chi connectivity index (χ3n) is 3.78. The minimum atomic E-state index is -3.36. The molecule has 2 heterocycles. The summed E-state index contributed by atoms with van der Waals surface area (Å²) < 4.78 is 28.3. The Morgan fingerprint density at radius 1 is 1.50 bits per heavy atom. The first kappa shape index (κ1) is 15.5. The number of sulfonamides is 1. The zero-order valence-electron chi connectivity index (χ0n) is 12.2. The Balaban J connectivity index is 2.05. The second kappa shape index (κ2) is 6.69. The van der Waals surface area contributed by atoms with Crippen molar-refractivity contribution in [1.29, 1.82) is 0 Å². The first-order valence-electron chi connectivity index (χ1n) is 7.25. The molecule has 1 unspecified atom stereocenters. The van der Waals surface area contributed by atoms with Crippen LogP contribution in [0.1, 0.15) is 26.2 Å². The van der Waals surface area contributed by atoms with Gasteiger partial charge in [-0.25, -0.2) is 8.42 Å². The van der Waals surface area contributed by atoms with Crippen molar-refractivity contribution in [2.24, 2.45) is 5.92 Å². The normalized spacial score (nSPS) is 20.6. The van der Waals surface area contributed by atoms with Gasteiger partial charge in [0.15, 0.2) is 0 Å². The molecule has 1 aliphatic heterocycles. The highest BCUT2D eigenvalue weighted by molar-refractivity contribution is 7.89. The molecule has 7 heteroatoms. The molecule has 1 aromatic heterocycles. The summed E-state index contributed by atoms with van der Waals surface area (Å²) in [6.07, 6.45) is 6.27. The molecule has 114 valence electrons. The molecule has 0 saturated carbocycles. The molecule has 0 spiro atoms. The third-order valence-corrected chi connectivity index (χ3v) is 5.60. The molecule has 6 nitrogen and oxygen atoms in total. The SMILES string of the molecule is CCCC1CCN(S(=O)(=O)c2cnn(CCNC)c2)C1. The number of nitrogens with zero attached hydrogens (tertiary/aromatic N) is 3. The molecule has 0 aliphatic carbocycles. The number of nitrogens with one attached hydrogen (secondary N) is 1. The van der Waals surface area contributed by atoms with E-state index in [1.165, 1.54) is 6.20 Å². The van der Waals surface area contributed by atoms with Gasteiger partial charge in [0.25, 0.3) is 0 Å². The maximum atomic E-state index is 12.5. The minimum absolute atomic E-state index is 0.311.